The number of carbonyl (C=O) groups is 1. The topological polar surface area (TPSA) is 42.4 Å². The van der Waals surface area contributed by atoms with E-state index in [2.05, 4.69) is 44.9 Å². The predicted octanol–water partition coefficient (Wildman–Crippen LogP) is 4.19. The monoisotopic (exact) mass is 358 g/mol. The number of aromatic nitrogens is 1. The van der Waals surface area contributed by atoms with Gasteiger partial charge in [-0.2, -0.15) is 0 Å². The Hall–Kier alpha value is -2.02. The molecule has 4 nitrogen and oxygen atoms in total. The van der Waals surface area contributed by atoms with Crippen molar-refractivity contribution in [2.45, 2.75) is 19.6 Å². The summed E-state index contributed by atoms with van der Waals surface area (Å²) in [5.74, 6) is -0.358. The van der Waals surface area contributed by atoms with E-state index in [0.717, 1.165) is 25.3 Å². The van der Waals surface area contributed by atoms with Crippen molar-refractivity contribution in [1.82, 2.24) is 9.88 Å². The van der Waals surface area contributed by atoms with Gasteiger partial charge in [0.05, 0.1) is 18.4 Å². The highest BCUT2D eigenvalue weighted by molar-refractivity contribution is 7.10. The molecular weight excluding hydrogens is 340 g/mol. The summed E-state index contributed by atoms with van der Waals surface area (Å²) < 4.78 is 4.71. The number of hydrogen-bond acceptors (Lipinski definition) is 6. The first-order chi connectivity index (χ1) is 11.7. The Labute approximate surface area is 149 Å². The second-order valence-electron chi connectivity index (χ2n) is 5.33. The van der Waals surface area contributed by atoms with Crippen molar-refractivity contribution in [2.24, 2.45) is 0 Å². The molecule has 3 aromatic heterocycles. The molecule has 0 radical (unpaired) electrons. The van der Waals surface area contributed by atoms with E-state index in [1.165, 1.54) is 16.9 Å². The summed E-state index contributed by atoms with van der Waals surface area (Å²) in [6, 6.07) is 12.1. The fourth-order valence-electron chi connectivity index (χ4n) is 2.40. The quantitative estimate of drug-likeness (QED) is 0.594. The SMILES string of the molecule is COC(=O)c1ccc(CN(Cc2cccs2)Cc2cccs2)nc1. The molecule has 0 amide bonds. The van der Waals surface area contributed by atoms with Crippen LogP contribution in [0.2, 0.25) is 0 Å². The van der Waals surface area contributed by atoms with Crippen LogP contribution >= 0.6 is 22.7 Å². The number of pyridine rings is 1. The third-order valence-electron chi connectivity index (χ3n) is 3.55. The van der Waals surface area contributed by atoms with Crippen molar-refractivity contribution in [2.75, 3.05) is 7.11 Å². The largest absolute Gasteiger partial charge is 0.465 e. The van der Waals surface area contributed by atoms with Gasteiger partial charge in [-0.25, -0.2) is 4.79 Å². The number of hydrogen-bond donors (Lipinski definition) is 0. The summed E-state index contributed by atoms with van der Waals surface area (Å²) >= 11 is 3.53. The van der Waals surface area contributed by atoms with Crippen molar-refractivity contribution in [3.8, 4) is 0 Å². The first kappa shape index (κ1) is 16.8. The molecule has 0 N–H and O–H groups in total. The fraction of sp³-hybridized carbons (Fsp3) is 0.222. The molecule has 0 bridgehead atoms. The average molecular weight is 358 g/mol. The molecule has 0 saturated carbocycles. The summed E-state index contributed by atoms with van der Waals surface area (Å²) in [4.78, 5) is 20.9. The molecule has 3 aromatic rings. The molecule has 24 heavy (non-hydrogen) atoms. The molecule has 124 valence electrons. The number of thiophene rings is 2. The maximum absolute atomic E-state index is 11.5. The van der Waals surface area contributed by atoms with Gasteiger partial charge in [-0.15, -0.1) is 22.7 Å². The van der Waals surface area contributed by atoms with Crippen molar-refractivity contribution >= 4 is 28.6 Å². The molecule has 0 saturated heterocycles. The summed E-state index contributed by atoms with van der Waals surface area (Å²) in [6.45, 7) is 2.50. The molecule has 0 fully saturated rings. The van der Waals surface area contributed by atoms with Crippen LogP contribution in [0.1, 0.15) is 25.8 Å². The molecule has 0 aliphatic carbocycles. The third-order valence-corrected chi connectivity index (χ3v) is 5.27. The van der Waals surface area contributed by atoms with E-state index in [0.29, 0.717) is 5.56 Å². The zero-order valence-electron chi connectivity index (χ0n) is 13.3. The van der Waals surface area contributed by atoms with Gasteiger partial charge >= 0.3 is 5.97 Å². The zero-order chi connectivity index (χ0) is 16.8. The van der Waals surface area contributed by atoms with Crippen LogP contribution in [-0.2, 0) is 24.4 Å². The van der Waals surface area contributed by atoms with Crippen molar-refractivity contribution in [3.63, 3.8) is 0 Å². The molecule has 0 unspecified atom stereocenters. The molecule has 6 heteroatoms. The summed E-state index contributed by atoms with van der Waals surface area (Å²) in [6.07, 6.45) is 1.58. The lowest BCUT2D eigenvalue weighted by Gasteiger charge is -2.20. The number of rotatable bonds is 7. The summed E-state index contributed by atoms with van der Waals surface area (Å²) in [7, 11) is 1.38. The Morgan fingerprint density at radius 2 is 1.71 bits per heavy atom. The van der Waals surface area contributed by atoms with Crippen molar-refractivity contribution in [3.05, 3.63) is 74.4 Å². The summed E-state index contributed by atoms with van der Waals surface area (Å²) in [5.41, 5.74) is 1.42. The smallest absolute Gasteiger partial charge is 0.339 e. The standard InChI is InChI=1S/C18H18N2O2S2/c1-22-18(21)14-6-7-15(19-10-14)11-20(12-16-4-2-8-23-16)13-17-5-3-9-24-17/h2-10H,11-13H2,1H3. The maximum atomic E-state index is 11.5. The molecule has 0 atom stereocenters. The Bertz CT molecular complexity index is 717. The highest BCUT2D eigenvalue weighted by atomic mass is 32.1. The maximum Gasteiger partial charge on any atom is 0.339 e. The normalized spacial score (nSPS) is 10.9. The number of carbonyl (C=O) groups excluding carboxylic acids is 1. The Morgan fingerprint density at radius 3 is 2.17 bits per heavy atom. The van der Waals surface area contributed by atoms with E-state index >= 15 is 0 Å². The lowest BCUT2D eigenvalue weighted by molar-refractivity contribution is 0.0600. The van der Waals surface area contributed by atoms with Crippen molar-refractivity contribution in [1.29, 1.82) is 0 Å². The van der Waals surface area contributed by atoms with Crippen LogP contribution in [0, 0.1) is 0 Å². The fourth-order valence-corrected chi connectivity index (χ4v) is 3.89. The van der Waals surface area contributed by atoms with Crippen LogP contribution in [0.5, 0.6) is 0 Å². The van der Waals surface area contributed by atoms with Gasteiger partial charge in [-0.1, -0.05) is 12.1 Å². The van der Waals surface area contributed by atoms with E-state index in [1.807, 2.05) is 6.07 Å². The minimum atomic E-state index is -0.358. The average Bonchev–Trinajstić information content (AvgIpc) is 3.29. The third kappa shape index (κ3) is 4.50. The van der Waals surface area contributed by atoms with E-state index in [9.17, 15) is 4.79 Å². The minimum absolute atomic E-state index is 0.358. The molecule has 0 aromatic carbocycles. The first-order valence-electron chi connectivity index (χ1n) is 7.55. The second-order valence-corrected chi connectivity index (χ2v) is 7.40. The Morgan fingerprint density at radius 1 is 1.04 bits per heavy atom. The van der Waals surface area contributed by atoms with Gasteiger partial charge in [0.25, 0.3) is 0 Å². The molecule has 3 rings (SSSR count). The van der Waals surface area contributed by atoms with Gasteiger partial charge in [-0.05, 0) is 35.0 Å². The van der Waals surface area contributed by atoms with Crippen LogP contribution in [-0.4, -0.2) is 23.0 Å². The van der Waals surface area contributed by atoms with Gasteiger partial charge in [0, 0.05) is 35.6 Å². The van der Waals surface area contributed by atoms with Crippen LogP contribution < -0.4 is 0 Å². The van der Waals surface area contributed by atoms with Gasteiger partial charge < -0.3 is 4.74 Å². The van der Waals surface area contributed by atoms with Crippen LogP contribution in [0.4, 0.5) is 0 Å². The molecule has 0 aliphatic rings. The van der Waals surface area contributed by atoms with Crippen LogP contribution in [0.3, 0.4) is 0 Å². The minimum Gasteiger partial charge on any atom is -0.465 e. The molecular formula is C18H18N2O2S2. The highest BCUT2D eigenvalue weighted by Gasteiger charge is 2.12. The van der Waals surface area contributed by atoms with Crippen molar-refractivity contribution < 1.29 is 9.53 Å². The number of ether oxygens (including phenoxy) is 1. The van der Waals surface area contributed by atoms with E-state index in [4.69, 9.17) is 4.74 Å². The van der Waals surface area contributed by atoms with Crippen LogP contribution in [0.25, 0.3) is 0 Å². The number of methoxy groups -OCH3 is 1. The lowest BCUT2D eigenvalue weighted by Crippen LogP contribution is -2.22. The lowest BCUT2D eigenvalue weighted by atomic mass is 10.2. The Balaban J connectivity index is 1.71. The first-order valence-corrected chi connectivity index (χ1v) is 9.31. The highest BCUT2D eigenvalue weighted by Crippen LogP contribution is 2.19. The van der Waals surface area contributed by atoms with Gasteiger partial charge in [0.1, 0.15) is 0 Å². The van der Waals surface area contributed by atoms with E-state index in [1.54, 1.807) is 34.9 Å². The molecule has 3 heterocycles. The van der Waals surface area contributed by atoms with Gasteiger partial charge in [-0.3, -0.25) is 9.88 Å². The molecule has 0 spiro atoms. The van der Waals surface area contributed by atoms with E-state index < -0.39 is 0 Å². The van der Waals surface area contributed by atoms with Gasteiger partial charge in [0.2, 0.25) is 0 Å². The zero-order valence-corrected chi connectivity index (χ0v) is 15.0. The predicted molar refractivity (Wildman–Crippen MR) is 97.2 cm³/mol. The number of esters is 1. The van der Waals surface area contributed by atoms with Crippen LogP contribution in [0.15, 0.2) is 53.4 Å². The van der Waals surface area contributed by atoms with E-state index in [-0.39, 0.29) is 5.97 Å². The number of nitrogens with zero attached hydrogens (tertiary/aromatic N) is 2. The second kappa shape index (κ2) is 8.19. The summed E-state index contributed by atoms with van der Waals surface area (Å²) in [5, 5.41) is 4.20. The Kier molecular flexibility index (Phi) is 5.74. The molecule has 0 aliphatic heterocycles. The van der Waals surface area contributed by atoms with Gasteiger partial charge in [0.15, 0.2) is 0 Å².